The molecule has 2 heterocycles. The Balaban J connectivity index is 1.66. The van der Waals surface area contributed by atoms with Crippen LogP contribution in [-0.2, 0) is 19.4 Å². The van der Waals surface area contributed by atoms with E-state index in [1.807, 2.05) is 6.07 Å². The van der Waals surface area contributed by atoms with Crippen LogP contribution in [0.2, 0.25) is 0 Å². The number of fused-ring (bicyclic) bond motifs is 1. The van der Waals surface area contributed by atoms with Gasteiger partial charge < -0.3 is 10.6 Å². The number of benzene rings is 1. The van der Waals surface area contributed by atoms with Crippen molar-refractivity contribution in [3.63, 3.8) is 0 Å². The molecule has 6 heteroatoms. The van der Waals surface area contributed by atoms with E-state index >= 15 is 0 Å². The van der Waals surface area contributed by atoms with E-state index in [9.17, 15) is 4.79 Å². The van der Waals surface area contributed by atoms with Crippen molar-refractivity contribution in [2.45, 2.75) is 39.3 Å². The van der Waals surface area contributed by atoms with Gasteiger partial charge in [-0.15, -0.1) is 0 Å². The Kier molecular flexibility index (Phi) is 6.41. The summed E-state index contributed by atoms with van der Waals surface area (Å²) in [5.41, 5.74) is 3.92. The molecule has 6 nitrogen and oxygen atoms in total. The van der Waals surface area contributed by atoms with Gasteiger partial charge in [0.2, 0.25) is 0 Å². The van der Waals surface area contributed by atoms with E-state index in [-0.39, 0.29) is 11.9 Å². The molecule has 0 spiro atoms. The van der Waals surface area contributed by atoms with Crippen molar-refractivity contribution in [1.82, 2.24) is 25.7 Å². The summed E-state index contributed by atoms with van der Waals surface area (Å²) in [6.45, 7) is 8.51. The molecule has 3 N–H and O–H groups in total. The molecule has 3 rings (SSSR count). The number of H-pyrrole nitrogens is 1. The molecule has 1 aliphatic rings. The molecule has 0 bridgehead atoms. The molecule has 1 atom stereocenters. The van der Waals surface area contributed by atoms with Crippen molar-refractivity contribution in [3.05, 3.63) is 52.8 Å². The number of nitrogens with one attached hydrogen (secondary N) is 3. The molecule has 0 saturated heterocycles. The maximum Gasteiger partial charge on any atom is 0.272 e. The number of nitrogens with zero attached hydrogens (tertiary/aromatic N) is 2. The topological polar surface area (TPSA) is 73.0 Å². The number of carbonyl (C=O) groups is 1. The van der Waals surface area contributed by atoms with Crippen LogP contribution in [0.5, 0.6) is 0 Å². The molecule has 1 amide bonds. The zero-order chi connectivity index (χ0) is 18.4. The summed E-state index contributed by atoms with van der Waals surface area (Å²) in [6, 6.07) is 10.7. The third-order valence-corrected chi connectivity index (χ3v) is 5.16. The van der Waals surface area contributed by atoms with Gasteiger partial charge in [-0.2, -0.15) is 5.10 Å². The lowest BCUT2D eigenvalue weighted by atomic mass is 10.0. The molecular formula is C20H29N5O. The van der Waals surface area contributed by atoms with E-state index in [2.05, 4.69) is 63.8 Å². The second-order valence-corrected chi connectivity index (χ2v) is 6.73. The van der Waals surface area contributed by atoms with Crippen LogP contribution >= 0.6 is 0 Å². The Morgan fingerprint density at radius 2 is 2.04 bits per heavy atom. The van der Waals surface area contributed by atoms with Crippen LogP contribution in [0.1, 0.15) is 41.2 Å². The van der Waals surface area contributed by atoms with Crippen LogP contribution in [0.25, 0.3) is 0 Å². The van der Waals surface area contributed by atoms with E-state index in [1.54, 1.807) is 0 Å². The molecule has 26 heavy (non-hydrogen) atoms. The standard InChI is InChI=1S/C20H29N5O/c1-3-25(4-2)16(12-15-8-6-5-7-9-15)13-22-20(26)19-17-14-21-11-10-18(17)23-24-19/h5-9,16,21H,3-4,10-14H2,1-2H3,(H,22,26)(H,23,24). The second kappa shape index (κ2) is 8.96. The summed E-state index contributed by atoms with van der Waals surface area (Å²) in [5.74, 6) is -0.0867. The number of hydrogen-bond donors (Lipinski definition) is 3. The third kappa shape index (κ3) is 4.31. The van der Waals surface area contributed by atoms with Gasteiger partial charge in [0.25, 0.3) is 5.91 Å². The molecular weight excluding hydrogens is 326 g/mol. The second-order valence-electron chi connectivity index (χ2n) is 6.73. The van der Waals surface area contributed by atoms with Crippen LogP contribution in [-0.4, -0.2) is 53.2 Å². The minimum atomic E-state index is -0.0867. The summed E-state index contributed by atoms with van der Waals surface area (Å²) in [5, 5.41) is 13.7. The monoisotopic (exact) mass is 355 g/mol. The van der Waals surface area contributed by atoms with Crippen molar-refractivity contribution >= 4 is 5.91 Å². The van der Waals surface area contributed by atoms with Gasteiger partial charge in [-0.1, -0.05) is 44.2 Å². The quantitative estimate of drug-likeness (QED) is 0.674. The molecule has 0 aliphatic carbocycles. The van der Waals surface area contributed by atoms with Crippen LogP contribution in [0, 0.1) is 0 Å². The lowest BCUT2D eigenvalue weighted by molar-refractivity contribution is 0.0928. The molecule has 1 unspecified atom stereocenters. The Morgan fingerprint density at radius 1 is 1.27 bits per heavy atom. The molecule has 1 aromatic heterocycles. The summed E-state index contributed by atoms with van der Waals surface area (Å²) in [4.78, 5) is 15.1. The number of hydrogen-bond acceptors (Lipinski definition) is 4. The maximum absolute atomic E-state index is 12.7. The fraction of sp³-hybridized carbons (Fsp3) is 0.500. The predicted molar refractivity (Wildman–Crippen MR) is 103 cm³/mol. The SMILES string of the molecule is CCN(CC)C(CNC(=O)c1n[nH]c2c1CNCC2)Cc1ccccc1. The maximum atomic E-state index is 12.7. The van der Waals surface area contributed by atoms with Crippen LogP contribution in [0.3, 0.4) is 0 Å². The van der Waals surface area contributed by atoms with Gasteiger partial charge in [0.05, 0.1) is 0 Å². The number of rotatable bonds is 8. The van der Waals surface area contributed by atoms with E-state index in [0.717, 1.165) is 43.7 Å². The first-order valence-corrected chi connectivity index (χ1v) is 9.55. The Morgan fingerprint density at radius 3 is 2.77 bits per heavy atom. The van der Waals surface area contributed by atoms with Crippen LogP contribution in [0.15, 0.2) is 30.3 Å². The highest BCUT2D eigenvalue weighted by atomic mass is 16.1. The lowest BCUT2D eigenvalue weighted by Crippen LogP contribution is -2.45. The Labute approximate surface area is 155 Å². The first-order chi connectivity index (χ1) is 12.7. The highest BCUT2D eigenvalue weighted by Gasteiger charge is 2.23. The number of carbonyl (C=O) groups excluding carboxylic acids is 1. The summed E-state index contributed by atoms with van der Waals surface area (Å²) >= 11 is 0. The van der Waals surface area contributed by atoms with Crippen molar-refractivity contribution in [1.29, 1.82) is 0 Å². The molecule has 0 fully saturated rings. The third-order valence-electron chi connectivity index (χ3n) is 5.16. The predicted octanol–water partition coefficient (Wildman–Crippen LogP) is 1.74. The zero-order valence-electron chi connectivity index (χ0n) is 15.7. The first kappa shape index (κ1) is 18.6. The number of amides is 1. The van der Waals surface area contributed by atoms with Gasteiger partial charge in [-0.05, 0) is 25.1 Å². The number of aromatic amines is 1. The highest BCUT2D eigenvalue weighted by Crippen LogP contribution is 2.15. The molecule has 0 radical (unpaired) electrons. The molecule has 140 valence electrons. The summed E-state index contributed by atoms with van der Waals surface area (Å²) in [6.07, 6.45) is 1.81. The number of aromatic nitrogens is 2. The van der Waals surface area contributed by atoms with Gasteiger partial charge in [-0.25, -0.2) is 0 Å². The molecule has 1 aliphatic heterocycles. The average Bonchev–Trinajstić information content (AvgIpc) is 3.11. The lowest BCUT2D eigenvalue weighted by Gasteiger charge is -2.30. The Bertz CT molecular complexity index is 708. The Hall–Kier alpha value is -2.18. The smallest absolute Gasteiger partial charge is 0.272 e. The van der Waals surface area contributed by atoms with Crippen molar-refractivity contribution in [2.75, 3.05) is 26.2 Å². The molecule has 2 aromatic rings. The van der Waals surface area contributed by atoms with Gasteiger partial charge >= 0.3 is 0 Å². The minimum absolute atomic E-state index is 0.0867. The largest absolute Gasteiger partial charge is 0.349 e. The van der Waals surface area contributed by atoms with Crippen LogP contribution in [0.4, 0.5) is 0 Å². The van der Waals surface area contributed by atoms with E-state index < -0.39 is 0 Å². The highest BCUT2D eigenvalue weighted by molar-refractivity contribution is 5.94. The zero-order valence-corrected chi connectivity index (χ0v) is 15.7. The average molecular weight is 355 g/mol. The van der Waals surface area contributed by atoms with E-state index in [1.165, 1.54) is 5.56 Å². The number of likely N-dealkylation sites (N-methyl/N-ethyl adjacent to an activating group) is 1. The van der Waals surface area contributed by atoms with Gasteiger partial charge in [0.1, 0.15) is 0 Å². The summed E-state index contributed by atoms with van der Waals surface area (Å²) in [7, 11) is 0. The molecule has 1 aromatic carbocycles. The van der Waals surface area contributed by atoms with Gasteiger partial charge in [0, 0.05) is 43.4 Å². The minimum Gasteiger partial charge on any atom is -0.349 e. The van der Waals surface area contributed by atoms with Crippen LogP contribution < -0.4 is 10.6 Å². The van der Waals surface area contributed by atoms with Crippen molar-refractivity contribution < 1.29 is 4.79 Å². The van der Waals surface area contributed by atoms with Crippen molar-refractivity contribution in [2.24, 2.45) is 0 Å². The van der Waals surface area contributed by atoms with E-state index in [0.29, 0.717) is 18.8 Å². The molecule has 0 saturated carbocycles. The van der Waals surface area contributed by atoms with Crippen molar-refractivity contribution in [3.8, 4) is 0 Å². The van der Waals surface area contributed by atoms with Gasteiger partial charge in [0.15, 0.2) is 5.69 Å². The summed E-state index contributed by atoms with van der Waals surface area (Å²) < 4.78 is 0. The fourth-order valence-corrected chi connectivity index (χ4v) is 3.66. The van der Waals surface area contributed by atoms with Gasteiger partial charge in [-0.3, -0.25) is 14.8 Å². The fourth-order valence-electron chi connectivity index (χ4n) is 3.66. The normalized spacial score (nSPS) is 14.9. The van der Waals surface area contributed by atoms with E-state index in [4.69, 9.17) is 0 Å². The first-order valence-electron chi connectivity index (χ1n) is 9.55.